The molecule has 0 radical (unpaired) electrons. The summed E-state index contributed by atoms with van der Waals surface area (Å²) in [5.74, 6) is -0.593. The van der Waals surface area contributed by atoms with Crippen LogP contribution in [0.3, 0.4) is 0 Å². The van der Waals surface area contributed by atoms with Crippen LogP contribution in [0.2, 0.25) is 0 Å². The van der Waals surface area contributed by atoms with Crippen LogP contribution < -0.4 is 5.69 Å². The summed E-state index contributed by atoms with van der Waals surface area (Å²) in [4.78, 5) is 26.8. The van der Waals surface area contributed by atoms with Crippen molar-refractivity contribution in [2.45, 2.75) is 25.9 Å². The molecule has 0 bridgehead atoms. The normalized spacial score (nSPS) is 13.9. The van der Waals surface area contributed by atoms with E-state index in [1.807, 2.05) is 28.8 Å². The third-order valence-electron chi connectivity index (χ3n) is 5.92. The number of hydrogen-bond acceptors (Lipinski definition) is 4. The van der Waals surface area contributed by atoms with Gasteiger partial charge in [-0.25, -0.2) is 28.5 Å². The van der Waals surface area contributed by atoms with Crippen LogP contribution in [-0.2, 0) is 13.1 Å². The molecule has 0 saturated heterocycles. The second kappa shape index (κ2) is 7.08. The molecule has 5 aromatic rings. The predicted octanol–water partition coefficient (Wildman–Crippen LogP) is 3.64. The van der Waals surface area contributed by atoms with Crippen molar-refractivity contribution in [3.63, 3.8) is 0 Å². The van der Waals surface area contributed by atoms with Gasteiger partial charge < -0.3 is 0 Å². The van der Waals surface area contributed by atoms with E-state index in [4.69, 9.17) is 0 Å². The first-order chi connectivity index (χ1) is 15.6. The second-order valence-corrected chi connectivity index (χ2v) is 8.10. The van der Waals surface area contributed by atoms with E-state index in [1.165, 1.54) is 22.8 Å². The average Bonchev–Trinajstić information content (AvgIpc) is 3.46. The molecule has 1 fully saturated rings. The molecule has 0 aliphatic heterocycles. The van der Waals surface area contributed by atoms with Crippen LogP contribution in [0.15, 0.2) is 59.8 Å². The SMILES string of the molecule is O=c1n(CC2CC2)c2cnc(-c3cnc4ccccn34)nc2n1Cc1c(F)cccc1F. The first-order valence-electron chi connectivity index (χ1n) is 10.4. The van der Waals surface area contributed by atoms with Gasteiger partial charge in [-0.1, -0.05) is 12.1 Å². The van der Waals surface area contributed by atoms with Crippen LogP contribution in [0, 0.1) is 17.6 Å². The number of imidazole rings is 2. The lowest BCUT2D eigenvalue weighted by Crippen LogP contribution is -2.26. The molecule has 160 valence electrons. The highest BCUT2D eigenvalue weighted by molar-refractivity contribution is 5.73. The van der Waals surface area contributed by atoms with Crippen LogP contribution in [-0.4, -0.2) is 28.5 Å². The number of fused-ring (bicyclic) bond motifs is 2. The van der Waals surface area contributed by atoms with Gasteiger partial charge in [-0.3, -0.25) is 13.5 Å². The van der Waals surface area contributed by atoms with Crippen molar-refractivity contribution >= 4 is 16.8 Å². The largest absolute Gasteiger partial charge is 0.330 e. The summed E-state index contributed by atoms with van der Waals surface area (Å²) >= 11 is 0. The van der Waals surface area contributed by atoms with Crippen molar-refractivity contribution in [1.82, 2.24) is 28.5 Å². The summed E-state index contributed by atoms with van der Waals surface area (Å²) in [6.07, 6.45) is 7.24. The molecule has 9 heteroatoms. The summed E-state index contributed by atoms with van der Waals surface area (Å²) in [5.41, 5.74) is 1.77. The van der Waals surface area contributed by atoms with Crippen molar-refractivity contribution in [3.05, 3.63) is 82.7 Å². The molecular formula is C23H18F2N6O. The van der Waals surface area contributed by atoms with Crippen LogP contribution in [0.1, 0.15) is 18.4 Å². The Kier molecular flexibility index (Phi) is 4.17. The fraction of sp³-hybridized carbons (Fsp3) is 0.217. The minimum Gasteiger partial charge on any atom is -0.297 e. The molecule has 0 unspecified atom stereocenters. The van der Waals surface area contributed by atoms with Crippen LogP contribution >= 0.6 is 0 Å². The molecule has 4 heterocycles. The fourth-order valence-electron chi connectivity index (χ4n) is 4.04. The van der Waals surface area contributed by atoms with E-state index in [-0.39, 0.29) is 17.8 Å². The molecule has 0 amide bonds. The topological polar surface area (TPSA) is 70.0 Å². The van der Waals surface area contributed by atoms with Gasteiger partial charge >= 0.3 is 5.69 Å². The minimum absolute atomic E-state index is 0.171. The average molecular weight is 432 g/mol. The van der Waals surface area contributed by atoms with E-state index in [2.05, 4.69) is 15.0 Å². The standard InChI is InChI=1S/C23H18F2N6O/c24-16-4-3-5-17(25)15(16)13-31-22-19(30(23(31)32)12-14-7-8-14)11-27-21(28-22)18-10-26-20-6-1-2-9-29(18)20/h1-6,9-11,14H,7-8,12-13H2. The highest BCUT2D eigenvalue weighted by Crippen LogP contribution is 2.31. The van der Waals surface area contributed by atoms with E-state index in [9.17, 15) is 13.6 Å². The maximum Gasteiger partial charge on any atom is 0.330 e. The third-order valence-corrected chi connectivity index (χ3v) is 5.92. The summed E-state index contributed by atoms with van der Waals surface area (Å²) in [5, 5.41) is 0. The van der Waals surface area contributed by atoms with Crippen molar-refractivity contribution in [1.29, 1.82) is 0 Å². The first kappa shape index (κ1) is 18.9. The Balaban J connectivity index is 1.56. The number of nitrogens with zero attached hydrogens (tertiary/aromatic N) is 6. The Bertz CT molecular complexity index is 1530. The third kappa shape index (κ3) is 3.00. The number of pyridine rings is 1. The van der Waals surface area contributed by atoms with Crippen molar-refractivity contribution < 1.29 is 8.78 Å². The Hall–Kier alpha value is -3.88. The Labute approximate surface area is 180 Å². The minimum atomic E-state index is -0.698. The highest BCUT2D eigenvalue weighted by atomic mass is 19.1. The van der Waals surface area contributed by atoms with E-state index < -0.39 is 11.6 Å². The highest BCUT2D eigenvalue weighted by Gasteiger charge is 2.26. The van der Waals surface area contributed by atoms with Gasteiger partial charge in [0.1, 0.15) is 28.5 Å². The molecule has 0 atom stereocenters. The van der Waals surface area contributed by atoms with Gasteiger partial charge in [0.2, 0.25) is 0 Å². The Morgan fingerprint density at radius 3 is 2.56 bits per heavy atom. The lowest BCUT2D eigenvalue weighted by atomic mass is 10.2. The summed E-state index contributed by atoms with van der Waals surface area (Å²) < 4.78 is 33.5. The van der Waals surface area contributed by atoms with Gasteiger partial charge in [0.25, 0.3) is 0 Å². The molecule has 0 spiro atoms. The molecule has 1 aliphatic carbocycles. The summed E-state index contributed by atoms with van der Waals surface area (Å²) in [7, 11) is 0. The molecule has 1 saturated carbocycles. The smallest absolute Gasteiger partial charge is 0.297 e. The first-order valence-corrected chi connectivity index (χ1v) is 10.4. The molecule has 6 rings (SSSR count). The lowest BCUT2D eigenvalue weighted by molar-refractivity contribution is 0.537. The quantitative estimate of drug-likeness (QED) is 0.425. The fourth-order valence-corrected chi connectivity index (χ4v) is 4.04. The number of hydrogen-bond donors (Lipinski definition) is 0. The van der Waals surface area contributed by atoms with Gasteiger partial charge in [0.05, 0.1) is 18.9 Å². The van der Waals surface area contributed by atoms with Gasteiger partial charge in [-0.05, 0) is 43.0 Å². The van der Waals surface area contributed by atoms with Gasteiger partial charge in [-0.15, -0.1) is 0 Å². The van der Waals surface area contributed by atoms with Crippen molar-refractivity contribution in [2.75, 3.05) is 0 Å². The molecule has 1 aliphatic rings. The van der Waals surface area contributed by atoms with Gasteiger partial charge in [-0.2, -0.15) is 0 Å². The zero-order valence-corrected chi connectivity index (χ0v) is 16.9. The van der Waals surface area contributed by atoms with Crippen LogP contribution in [0.25, 0.3) is 28.3 Å². The van der Waals surface area contributed by atoms with E-state index in [0.29, 0.717) is 35.1 Å². The molecule has 4 aromatic heterocycles. The van der Waals surface area contributed by atoms with Gasteiger partial charge in [0, 0.05) is 18.3 Å². The van der Waals surface area contributed by atoms with Gasteiger partial charge in [0.15, 0.2) is 11.5 Å². The summed E-state index contributed by atoms with van der Waals surface area (Å²) in [6, 6.07) is 9.30. The Morgan fingerprint density at radius 2 is 1.78 bits per heavy atom. The number of halogens is 2. The zero-order valence-electron chi connectivity index (χ0n) is 16.9. The maximum atomic E-state index is 14.4. The molecule has 0 N–H and O–H groups in total. The number of benzene rings is 1. The van der Waals surface area contributed by atoms with E-state index in [1.54, 1.807) is 17.0 Å². The van der Waals surface area contributed by atoms with Crippen LogP contribution in [0.5, 0.6) is 0 Å². The lowest BCUT2D eigenvalue weighted by Gasteiger charge is -2.06. The van der Waals surface area contributed by atoms with Crippen LogP contribution in [0.4, 0.5) is 8.78 Å². The zero-order chi connectivity index (χ0) is 21.8. The molecular weight excluding hydrogens is 414 g/mol. The predicted molar refractivity (Wildman–Crippen MR) is 114 cm³/mol. The monoisotopic (exact) mass is 432 g/mol. The molecule has 32 heavy (non-hydrogen) atoms. The van der Waals surface area contributed by atoms with E-state index in [0.717, 1.165) is 18.5 Å². The Morgan fingerprint density at radius 1 is 0.969 bits per heavy atom. The van der Waals surface area contributed by atoms with E-state index >= 15 is 0 Å². The maximum absolute atomic E-state index is 14.4. The molecule has 1 aromatic carbocycles. The van der Waals surface area contributed by atoms with Crippen molar-refractivity contribution in [2.24, 2.45) is 5.92 Å². The number of rotatable bonds is 5. The second-order valence-electron chi connectivity index (χ2n) is 8.10. The number of aromatic nitrogens is 6. The van der Waals surface area contributed by atoms with Crippen molar-refractivity contribution in [3.8, 4) is 11.5 Å². The molecule has 7 nitrogen and oxygen atoms in total. The summed E-state index contributed by atoms with van der Waals surface area (Å²) in [6.45, 7) is 0.287.